The minimum Gasteiger partial charge on any atom is -0.297 e. The van der Waals surface area contributed by atoms with Crippen LogP contribution in [0.3, 0.4) is 0 Å². The molecule has 100 valence electrons. The second kappa shape index (κ2) is 5.40. The number of pyridine rings is 1. The second-order valence-electron chi connectivity index (χ2n) is 4.22. The van der Waals surface area contributed by atoms with Crippen LogP contribution >= 0.6 is 11.6 Å². The van der Waals surface area contributed by atoms with Crippen LogP contribution in [0.15, 0.2) is 27.9 Å². The molecule has 2 rings (SSSR count). The molecule has 0 atom stereocenters. The molecule has 2 aromatic rings. The molecule has 0 unspecified atom stereocenters. The number of aryl methyl sites for hydroxylation is 1. The lowest BCUT2D eigenvalue weighted by molar-refractivity contribution is 0.672. The van der Waals surface area contributed by atoms with Crippen molar-refractivity contribution in [3.63, 3.8) is 0 Å². The summed E-state index contributed by atoms with van der Waals surface area (Å²) in [5, 5.41) is 0.0861. The number of aromatic nitrogens is 3. The molecule has 0 aliphatic rings. The van der Waals surface area contributed by atoms with Gasteiger partial charge in [-0.25, -0.2) is 4.79 Å². The summed E-state index contributed by atoms with van der Waals surface area (Å²) in [6.07, 6.45) is 2.44. The van der Waals surface area contributed by atoms with Gasteiger partial charge in [-0.05, 0) is 25.0 Å². The summed E-state index contributed by atoms with van der Waals surface area (Å²) in [6.45, 7) is 3.73. The van der Waals surface area contributed by atoms with Gasteiger partial charge >= 0.3 is 5.69 Å². The van der Waals surface area contributed by atoms with Gasteiger partial charge in [0, 0.05) is 11.8 Å². The zero-order chi connectivity index (χ0) is 14.0. The van der Waals surface area contributed by atoms with E-state index in [4.69, 9.17) is 11.6 Å². The molecule has 6 heteroatoms. The standard InChI is InChI=1S/C13H14ClN3O2/c1-3-9-5-4-6-15-10(9)7-17-12(18)8(2)11(14)16-13(17)19/h4-6H,3,7H2,1-2H3,(H,16,19). The molecule has 2 aromatic heterocycles. The average Bonchev–Trinajstić information content (AvgIpc) is 2.41. The van der Waals surface area contributed by atoms with E-state index >= 15 is 0 Å². The van der Waals surface area contributed by atoms with Gasteiger partial charge in [0.25, 0.3) is 5.56 Å². The van der Waals surface area contributed by atoms with E-state index in [1.165, 1.54) is 0 Å². The summed E-state index contributed by atoms with van der Waals surface area (Å²) in [6, 6.07) is 3.77. The molecular formula is C13H14ClN3O2. The van der Waals surface area contributed by atoms with Crippen molar-refractivity contribution >= 4 is 11.6 Å². The Kier molecular flexibility index (Phi) is 3.85. The number of rotatable bonds is 3. The highest BCUT2D eigenvalue weighted by Gasteiger charge is 2.11. The molecule has 0 amide bonds. The van der Waals surface area contributed by atoms with Gasteiger partial charge in [-0.3, -0.25) is 19.3 Å². The van der Waals surface area contributed by atoms with Crippen LogP contribution in [-0.4, -0.2) is 14.5 Å². The topological polar surface area (TPSA) is 67.8 Å². The van der Waals surface area contributed by atoms with Crippen LogP contribution in [0.2, 0.25) is 5.15 Å². The fraction of sp³-hybridized carbons (Fsp3) is 0.308. The fourth-order valence-electron chi connectivity index (χ4n) is 1.87. The van der Waals surface area contributed by atoms with Crippen molar-refractivity contribution in [2.75, 3.05) is 0 Å². The van der Waals surface area contributed by atoms with Crippen molar-refractivity contribution in [1.29, 1.82) is 0 Å². The van der Waals surface area contributed by atoms with Gasteiger partial charge in [0.05, 0.1) is 12.2 Å². The Morgan fingerprint density at radius 1 is 1.42 bits per heavy atom. The zero-order valence-electron chi connectivity index (χ0n) is 10.7. The third kappa shape index (κ3) is 2.61. The lowest BCUT2D eigenvalue weighted by Crippen LogP contribution is -2.37. The predicted molar refractivity (Wildman–Crippen MR) is 73.8 cm³/mol. The van der Waals surface area contributed by atoms with Crippen molar-refractivity contribution in [3.05, 3.63) is 61.1 Å². The highest BCUT2D eigenvalue weighted by atomic mass is 35.5. The molecule has 2 heterocycles. The van der Waals surface area contributed by atoms with Crippen LogP contribution in [0.25, 0.3) is 0 Å². The Morgan fingerprint density at radius 2 is 2.16 bits per heavy atom. The van der Waals surface area contributed by atoms with Crippen LogP contribution in [0, 0.1) is 6.92 Å². The third-order valence-electron chi connectivity index (χ3n) is 3.03. The highest BCUT2D eigenvalue weighted by molar-refractivity contribution is 6.30. The van der Waals surface area contributed by atoms with Crippen LogP contribution in [0.1, 0.15) is 23.7 Å². The number of hydrogen-bond donors (Lipinski definition) is 1. The molecule has 0 aliphatic carbocycles. The molecule has 0 aliphatic heterocycles. The first-order valence-corrected chi connectivity index (χ1v) is 6.34. The Morgan fingerprint density at radius 3 is 2.84 bits per heavy atom. The number of H-pyrrole nitrogens is 1. The van der Waals surface area contributed by atoms with E-state index < -0.39 is 5.69 Å². The van der Waals surface area contributed by atoms with E-state index in [1.807, 2.05) is 19.1 Å². The number of halogens is 1. The van der Waals surface area contributed by atoms with Gasteiger partial charge < -0.3 is 0 Å². The molecule has 0 aromatic carbocycles. The summed E-state index contributed by atoms with van der Waals surface area (Å²) in [5.74, 6) is 0. The average molecular weight is 280 g/mol. The van der Waals surface area contributed by atoms with E-state index in [1.54, 1.807) is 13.1 Å². The maximum Gasteiger partial charge on any atom is 0.329 e. The van der Waals surface area contributed by atoms with Crippen molar-refractivity contribution in [2.45, 2.75) is 26.8 Å². The smallest absolute Gasteiger partial charge is 0.297 e. The second-order valence-corrected chi connectivity index (χ2v) is 4.60. The van der Waals surface area contributed by atoms with Crippen LogP contribution in [0.5, 0.6) is 0 Å². The molecule has 5 nitrogen and oxygen atoms in total. The molecule has 0 saturated carbocycles. The number of nitrogens with zero attached hydrogens (tertiary/aromatic N) is 2. The monoisotopic (exact) mass is 279 g/mol. The first-order chi connectivity index (χ1) is 9.04. The van der Waals surface area contributed by atoms with Crippen LogP contribution in [0.4, 0.5) is 0 Å². The van der Waals surface area contributed by atoms with Gasteiger partial charge in [0.15, 0.2) is 0 Å². The molecule has 19 heavy (non-hydrogen) atoms. The van der Waals surface area contributed by atoms with E-state index in [0.29, 0.717) is 5.56 Å². The molecular weight excluding hydrogens is 266 g/mol. The van der Waals surface area contributed by atoms with Crippen molar-refractivity contribution < 1.29 is 0 Å². The SMILES string of the molecule is CCc1cccnc1Cn1c(=O)[nH]c(Cl)c(C)c1=O. The zero-order valence-corrected chi connectivity index (χ0v) is 11.5. The van der Waals surface area contributed by atoms with Gasteiger partial charge in [-0.1, -0.05) is 24.6 Å². The van der Waals surface area contributed by atoms with E-state index in [2.05, 4.69) is 9.97 Å². The molecule has 0 bridgehead atoms. The summed E-state index contributed by atoms with van der Waals surface area (Å²) < 4.78 is 1.11. The number of aromatic amines is 1. The van der Waals surface area contributed by atoms with Crippen LogP contribution in [-0.2, 0) is 13.0 Å². The minimum atomic E-state index is -0.520. The molecule has 1 N–H and O–H groups in total. The van der Waals surface area contributed by atoms with Gasteiger partial charge in [-0.15, -0.1) is 0 Å². The minimum absolute atomic E-state index is 0.0861. The van der Waals surface area contributed by atoms with E-state index in [-0.39, 0.29) is 17.3 Å². The van der Waals surface area contributed by atoms with Crippen LogP contribution < -0.4 is 11.2 Å². The molecule has 0 spiro atoms. The summed E-state index contributed by atoms with van der Waals surface area (Å²) in [7, 11) is 0. The Balaban J connectivity index is 2.53. The fourth-order valence-corrected chi connectivity index (χ4v) is 2.03. The quantitative estimate of drug-likeness (QED) is 0.866. The summed E-state index contributed by atoms with van der Waals surface area (Å²) in [5.41, 5.74) is 1.16. The maximum absolute atomic E-state index is 12.0. The summed E-state index contributed by atoms with van der Waals surface area (Å²) in [4.78, 5) is 30.5. The van der Waals surface area contributed by atoms with Gasteiger partial charge in [0.1, 0.15) is 5.15 Å². The van der Waals surface area contributed by atoms with E-state index in [0.717, 1.165) is 22.2 Å². The Hall–Kier alpha value is -1.88. The van der Waals surface area contributed by atoms with Crippen molar-refractivity contribution in [1.82, 2.24) is 14.5 Å². The van der Waals surface area contributed by atoms with Crippen molar-refractivity contribution in [3.8, 4) is 0 Å². The van der Waals surface area contributed by atoms with E-state index in [9.17, 15) is 9.59 Å². The number of nitrogens with one attached hydrogen (secondary N) is 1. The van der Waals surface area contributed by atoms with Gasteiger partial charge in [-0.2, -0.15) is 0 Å². The lowest BCUT2D eigenvalue weighted by atomic mass is 10.1. The molecule has 0 saturated heterocycles. The maximum atomic E-state index is 12.0. The normalized spacial score (nSPS) is 10.7. The lowest BCUT2D eigenvalue weighted by Gasteiger charge is -2.09. The Bertz CT molecular complexity index is 719. The first-order valence-electron chi connectivity index (χ1n) is 5.96. The summed E-state index contributed by atoms with van der Waals surface area (Å²) >= 11 is 5.77. The predicted octanol–water partition coefficient (Wildman–Crippen LogP) is 1.50. The molecule has 0 fully saturated rings. The largest absolute Gasteiger partial charge is 0.329 e. The van der Waals surface area contributed by atoms with Gasteiger partial charge in [0.2, 0.25) is 0 Å². The van der Waals surface area contributed by atoms with Crippen molar-refractivity contribution in [2.24, 2.45) is 0 Å². The highest BCUT2D eigenvalue weighted by Crippen LogP contribution is 2.08. The molecule has 0 radical (unpaired) electrons. The third-order valence-corrected chi connectivity index (χ3v) is 3.41. The Labute approximate surface area is 114 Å². The first kappa shape index (κ1) is 13.5. The number of hydrogen-bond acceptors (Lipinski definition) is 3.